The van der Waals surface area contributed by atoms with E-state index >= 15 is 0 Å². The van der Waals surface area contributed by atoms with Gasteiger partial charge in [-0.15, -0.1) is 0 Å². The first-order valence-corrected chi connectivity index (χ1v) is 8.73. The van der Waals surface area contributed by atoms with E-state index in [-0.39, 0.29) is 5.84 Å². The van der Waals surface area contributed by atoms with Gasteiger partial charge >= 0.3 is 0 Å². The lowest BCUT2D eigenvalue weighted by Crippen LogP contribution is -2.29. The Labute approximate surface area is 146 Å². The van der Waals surface area contributed by atoms with E-state index in [1.165, 1.54) is 6.42 Å². The molecule has 3 aromatic rings. The molecular weight excluding hydrogens is 312 g/mol. The number of aliphatic hydroxyl groups is 1. The fourth-order valence-electron chi connectivity index (χ4n) is 3.67. The molecular formula is C20H22N4O. The van der Waals surface area contributed by atoms with Crippen LogP contribution in [0.4, 0.5) is 0 Å². The highest BCUT2D eigenvalue weighted by Gasteiger charge is 2.32. The van der Waals surface area contributed by atoms with Crippen LogP contribution < -0.4 is 5.73 Å². The van der Waals surface area contributed by atoms with Gasteiger partial charge in [0.2, 0.25) is 0 Å². The van der Waals surface area contributed by atoms with E-state index in [9.17, 15) is 5.11 Å². The van der Waals surface area contributed by atoms with Gasteiger partial charge in [-0.1, -0.05) is 25.3 Å². The van der Waals surface area contributed by atoms with Crippen LogP contribution in [0.25, 0.3) is 22.3 Å². The molecule has 0 bridgehead atoms. The van der Waals surface area contributed by atoms with Gasteiger partial charge in [0.05, 0.1) is 17.1 Å². The van der Waals surface area contributed by atoms with Crippen molar-refractivity contribution in [1.29, 1.82) is 5.41 Å². The summed E-state index contributed by atoms with van der Waals surface area (Å²) < 4.78 is 0. The number of nitrogens with two attached hydrogens (primary N) is 1. The number of benzene rings is 1. The van der Waals surface area contributed by atoms with Gasteiger partial charge in [-0.05, 0) is 49.2 Å². The molecule has 5 N–H and O–H groups in total. The second kappa shape index (κ2) is 6.01. The first-order valence-electron chi connectivity index (χ1n) is 8.73. The number of hydrogen-bond donors (Lipinski definition) is 4. The van der Waals surface area contributed by atoms with Gasteiger partial charge in [0, 0.05) is 16.5 Å². The fraction of sp³-hybridized carbons (Fsp3) is 0.300. The van der Waals surface area contributed by atoms with Crippen LogP contribution in [-0.4, -0.2) is 20.9 Å². The molecule has 128 valence electrons. The summed E-state index contributed by atoms with van der Waals surface area (Å²) in [6.45, 7) is 0. The number of pyridine rings is 1. The first kappa shape index (κ1) is 15.8. The minimum atomic E-state index is -0.803. The molecule has 1 fully saturated rings. The molecule has 2 heterocycles. The summed E-state index contributed by atoms with van der Waals surface area (Å²) in [5, 5.41) is 19.5. The Morgan fingerprint density at radius 2 is 1.92 bits per heavy atom. The molecule has 1 aromatic carbocycles. The molecule has 0 radical (unpaired) electrons. The Balaban J connectivity index is 1.73. The Hall–Kier alpha value is -2.66. The standard InChI is InChI=1S/C20H22N4O/c21-19(22)13-7-8-15-14(11-13)12-17(23-15)16-5-4-6-18(24-16)20(25)9-2-1-3-10-20/h4-8,11-12,23,25H,1-3,9-10H2,(H3,21,22). The van der Waals surface area contributed by atoms with Crippen molar-refractivity contribution in [3.63, 3.8) is 0 Å². The van der Waals surface area contributed by atoms with E-state index in [0.717, 1.165) is 53.7 Å². The number of hydrogen-bond acceptors (Lipinski definition) is 3. The van der Waals surface area contributed by atoms with Gasteiger partial charge in [-0.2, -0.15) is 0 Å². The number of nitrogens with zero attached hydrogens (tertiary/aromatic N) is 1. The van der Waals surface area contributed by atoms with Crippen LogP contribution >= 0.6 is 0 Å². The second-order valence-corrected chi connectivity index (χ2v) is 6.90. The second-order valence-electron chi connectivity index (χ2n) is 6.90. The average Bonchev–Trinajstić information content (AvgIpc) is 3.06. The summed E-state index contributed by atoms with van der Waals surface area (Å²) in [5.74, 6) is 0.0595. The molecule has 4 rings (SSSR count). The molecule has 0 atom stereocenters. The summed E-state index contributed by atoms with van der Waals surface area (Å²) >= 11 is 0. The van der Waals surface area contributed by atoms with Gasteiger partial charge in [0.1, 0.15) is 11.4 Å². The van der Waals surface area contributed by atoms with Crippen molar-refractivity contribution in [1.82, 2.24) is 9.97 Å². The third-order valence-corrected chi connectivity index (χ3v) is 5.11. The molecule has 1 saturated carbocycles. The Morgan fingerprint density at radius 1 is 1.12 bits per heavy atom. The number of nitrogens with one attached hydrogen (secondary N) is 2. The third kappa shape index (κ3) is 2.91. The normalized spacial score (nSPS) is 16.8. The molecule has 5 nitrogen and oxygen atoms in total. The third-order valence-electron chi connectivity index (χ3n) is 5.11. The van der Waals surface area contributed by atoms with Crippen LogP contribution in [0.5, 0.6) is 0 Å². The number of nitrogen functional groups attached to an aromatic ring is 1. The van der Waals surface area contributed by atoms with Crippen molar-refractivity contribution in [2.75, 3.05) is 0 Å². The number of H-pyrrole nitrogens is 1. The van der Waals surface area contributed by atoms with Gasteiger partial charge in [-0.25, -0.2) is 4.98 Å². The van der Waals surface area contributed by atoms with Gasteiger partial charge in [0.15, 0.2) is 0 Å². The lowest BCUT2D eigenvalue weighted by atomic mass is 9.82. The van der Waals surface area contributed by atoms with E-state index < -0.39 is 5.60 Å². The fourth-order valence-corrected chi connectivity index (χ4v) is 3.67. The van der Waals surface area contributed by atoms with Crippen LogP contribution in [0, 0.1) is 5.41 Å². The highest BCUT2D eigenvalue weighted by Crippen LogP contribution is 2.36. The zero-order chi connectivity index (χ0) is 17.4. The maximum absolute atomic E-state index is 10.9. The highest BCUT2D eigenvalue weighted by molar-refractivity contribution is 5.99. The van der Waals surface area contributed by atoms with Crippen molar-refractivity contribution < 1.29 is 5.11 Å². The number of rotatable bonds is 3. The van der Waals surface area contributed by atoms with Crippen LogP contribution in [0.1, 0.15) is 43.4 Å². The predicted molar refractivity (Wildman–Crippen MR) is 99.5 cm³/mol. The SMILES string of the molecule is N=C(N)c1ccc2[nH]c(-c3cccc(C4(O)CCCCC4)n3)cc2c1. The molecule has 0 saturated heterocycles. The zero-order valence-electron chi connectivity index (χ0n) is 14.0. The van der Waals surface area contributed by atoms with E-state index in [1.54, 1.807) is 0 Å². The topological polar surface area (TPSA) is 98.8 Å². The Bertz CT molecular complexity index is 938. The van der Waals surface area contributed by atoms with E-state index in [0.29, 0.717) is 5.56 Å². The zero-order valence-corrected chi connectivity index (χ0v) is 14.0. The summed E-state index contributed by atoms with van der Waals surface area (Å²) in [6, 6.07) is 13.5. The van der Waals surface area contributed by atoms with Gasteiger partial charge in [0.25, 0.3) is 0 Å². The van der Waals surface area contributed by atoms with Crippen molar-refractivity contribution in [3.05, 3.63) is 53.7 Å². The molecule has 2 aromatic heterocycles. The maximum Gasteiger partial charge on any atom is 0.122 e. The van der Waals surface area contributed by atoms with Crippen LogP contribution in [0.2, 0.25) is 0 Å². The Kier molecular flexibility index (Phi) is 3.81. The molecule has 0 unspecified atom stereocenters. The maximum atomic E-state index is 10.9. The van der Waals surface area contributed by atoms with Crippen molar-refractivity contribution in [3.8, 4) is 11.4 Å². The quantitative estimate of drug-likeness (QED) is 0.434. The lowest BCUT2D eigenvalue weighted by Gasteiger charge is -2.31. The van der Waals surface area contributed by atoms with Crippen LogP contribution in [-0.2, 0) is 5.60 Å². The summed E-state index contributed by atoms with van der Waals surface area (Å²) in [4.78, 5) is 8.11. The summed E-state index contributed by atoms with van der Waals surface area (Å²) in [6.07, 6.45) is 4.82. The van der Waals surface area contributed by atoms with E-state index in [4.69, 9.17) is 16.1 Å². The van der Waals surface area contributed by atoms with Gasteiger partial charge in [-0.3, -0.25) is 5.41 Å². The molecule has 0 aliphatic heterocycles. The number of amidine groups is 1. The van der Waals surface area contributed by atoms with E-state index in [1.807, 2.05) is 42.5 Å². The predicted octanol–water partition coefficient (Wildman–Crippen LogP) is 3.67. The smallest absolute Gasteiger partial charge is 0.122 e. The van der Waals surface area contributed by atoms with E-state index in [2.05, 4.69) is 4.98 Å². The number of aromatic amines is 1. The molecule has 0 amide bonds. The molecule has 25 heavy (non-hydrogen) atoms. The molecule has 1 aliphatic carbocycles. The first-order chi connectivity index (χ1) is 12.0. The largest absolute Gasteiger partial charge is 0.384 e. The minimum absolute atomic E-state index is 0.0595. The van der Waals surface area contributed by atoms with Crippen molar-refractivity contribution in [2.45, 2.75) is 37.7 Å². The van der Waals surface area contributed by atoms with Crippen LogP contribution in [0.3, 0.4) is 0 Å². The Morgan fingerprint density at radius 3 is 2.68 bits per heavy atom. The summed E-state index contributed by atoms with van der Waals surface area (Å²) in [7, 11) is 0. The molecule has 0 spiro atoms. The molecule has 5 heteroatoms. The van der Waals surface area contributed by atoms with Crippen LogP contribution in [0.15, 0.2) is 42.5 Å². The molecule has 1 aliphatic rings. The van der Waals surface area contributed by atoms with Crippen molar-refractivity contribution in [2.24, 2.45) is 5.73 Å². The summed E-state index contributed by atoms with van der Waals surface area (Å²) in [5.41, 5.74) is 8.92. The monoisotopic (exact) mass is 334 g/mol. The lowest BCUT2D eigenvalue weighted by molar-refractivity contribution is -0.00453. The van der Waals surface area contributed by atoms with Crippen molar-refractivity contribution >= 4 is 16.7 Å². The average molecular weight is 334 g/mol. The number of aromatic nitrogens is 2. The highest BCUT2D eigenvalue weighted by atomic mass is 16.3. The number of fused-ring (bicyclic) bond motifs is 1. The van der Waals surface area contributed by atoms with Gasteiger partial charge < -0.3 is 15.8 Å². The minimum Gasteiger partial charge on any atom is -0.384 e.